The number of unbranched alkanes of at least 4 members (excludes halogenated alkanes) is 21. The Labute approximate surface area is 318 Å². The zero-order valence-corrected chi connectivity index (χ0v) is 34.1. The third-order valence-corrected chi connectivity index (χ3v) is 9.33. The lowest BCUT2D eigenvalue weighted by Crippen LogP contribution is -2.29. The molecule has 0 aromatic heterocycles. The topological polar surface area (TPSA) is 119 Å². The molecule has 0 spiro atoms. The summed E-state index contributed by atoms with van der Waals surface area (Å²) >= 11 is 0. The van der Waals surface area contributed by atoms with E-state index in [1.165, 1.54) is 83.5 Å². The molecule has 0 bridgehead atoms. The van der Waals surface area contributed by atoms with Crippen molar-refractivity contribution >= 4 is 19.8 Å². The minimum Gasteiger partial charge on any atom is -0.462 e. The first kappa shape index (κ1) is 50.0. The van der Waals surface area contributed by atoms with Gasteiger partial charge >= 0.3 is 19.8 Å². The number of phosphoric ester groups is 1. The molecule has 0 aliphatic heterocycles. The Morgan fingerprint density at radius 2 is 0.923 bits per heavy atom. The van der Waals surface area contributed by atoms with Crippen molar-refractivity contribution in [3.05, 3.63) is 48.6 Å². The molecule has 1 atom stereocenters. The number of esters is 2. The van der Waals surface area contributed by atoms with E-state index < -0.39 is 32.5 Å². The molecule has 0 saturated carbocycles. The fourth-order valence-corrected chi connectivity index (χ4v) is 6.05. The molecule has 0 rings (SSSR count). The van der Waals surface area contributed by atoms with Crippen LogP contribution in [0.25, 0.3) is 0 Å². The Morgan fingerprint density at radius 1 is 0.519 bits per heavy atom. The van der Waals surface area contributed by atoms with Gasteiger partial charge < -0.3 is 19.3 Å². The minimum absolute atomic E-state index is 0.203. The maximum atomic E-state index is 12.4. The third kappa shape index (κ3) is 40.8. The second-order valence-electron chi connectivity index (χ2n) is 14.0. The second-order valence-corrected chi connectivity index (χ2v) is 15.2. The maximum absolute atomic E-state index is 12.4. The molecule has 0 aromatic carbocycles. The van der Waals surface area contributed by atoms with Crippen LogP contribution in [0.3, 0.4) is 0 Å². The molecule has 52 heavy (non-hydrogen) atoms. The van der Waals surface area contributed by atoms with Gasteiger partial charge in [-0.25, -0.2) is 4.57 Å². The van der Waals surface area contributed by atoms with E-state index in [1.807, 2.05) is 0 Å². The van der Waals surface area contributed by atoms with Crippen molar-refractivity contribution in [2.75, 3.05) is 13.2 Å². The second kappa shape index (κ2) is 38.7. The first-order valence-electron chi connectivity index (χ1n) is 20.9. The third-order valence-electron chi connectivity index (χ3n) is 8.85. The lowest BCUT2D eigenvalue weighted by atomic mass is 10.1. The van der Waals surface area contributed by atoms with E-state index in [2.05, 4.69) is 67.0 Å². The average molecular weight is 753 g/mol. The summed E-state index contributed by atoms with van der Waals surface area (Å²) in [5, 5.41) is 0. The molecule has 302 valence electrons. The van der Waals surface area contributed by atoms with Crippen LogP contribution in [0.15, 0.2) is 48.6 Å². The molecule has 2 N–H and O–H groups in total. The van der Waals surface area contributed by atoms with Gasteiger partial charge in [0.15, 0.2) is 6.10 Å². The monoisotopic (exact) mass is 753 g/mol. The van der Waals surface area contributed by atoms with Crippen molar-refractivity contribution in [1.82, 2.24) is 0 Å². The summed E-state index contributed by atoms with van der Waals surface area (Å²) < 4.78 is 26.4. The van der Waals surface area contributed by atoms with E-state index >= 15 is 0 Å². The Balaban J connectivity index is 3.95. The standard InChI is InChI=1S/C43H77O8P/c1-3-5-7-9-11-13-15-17-19-20-21-22-24-26-28-30-32-34-36-38-43(45)51-41(40-50-52(46,47)48)39-49-42(44)37-35-33-31-29-27-25-23-18-16-14-12-10-8-6-4-2/h11,13-14,16-19,23,41H,3-10,12,15,20-22,24-40H2,1-2H3,(H2,46,47,48)/b13-11+,16-14+,19-17+,23-18+/t41-/m1/s1. The van der Waals surface area contributed by atoms with Crippen molar-refractivity contribution < 1.29 is 37.9 Å². The molecule has 0 amide bonds. The molecule has 0 aromatic rings. The molecule has 9 heteroatoms. The predicted octanol–water partition coefficient (Wildman–Crippen LogP) is 12.7. The first-order chi connectivity index (χ1) is 25.3. The van der Waals surface area contributed by atoms with E-state index in [0.29, 0.717) is 12.8 Å². The van der Waals surface area contributed by atoms with Crippen molar-refractivity contribution in [2.45, 2.75) is 200 Å². The molecule has 0 fully saturated rings. The summed E-state index contributed by atoms with van der Waals surface area (Å²) in [6, 6.07) is 0. The van der Waals surface area contributed by atoms with Crippen molar-refractivity contribution in [1.29, 1.82) is 0 Å². The smallest absolute Gasteiger partial charge is 0.462 e. The fourth-order valence-electron chi connectivity index (χ4n) is 5.69. The average Bonchev–Trinajstić information content (AvgIpc) is 3.11. The summed E-state index contributed by atoms with van der Waals surface area (Å²) in [7, 11) is -4.76. The van der Waals surface area contributed by atoms with Gasteiger partial charge in [-0.15, -0.1) is 0 Å². The number of phosphoric acid groups is 1. The molecule has 0 aliphatic carbocycles. The van der Waals surface area contributed by atoms with Crippen LogP contribution in [0.4, 0.5) is 0 Å². The molecule has 0 radical (unpaired) electrons. The summed E-state index contributed by atoms with van der Waals surface area (Å²) in [4.78, 5) is 42.8. The van der Waals surface area contributed by atoms with Gasteiger partial charge in [0.25, 0.3) is 0 Å². The van der Waals surface area contributed by atoms with E-state index in [9.17, 15) is 14.2 Å². The Bertz CT molecular complexity index is 984. The SMILES string of the molecule is CCCCC/C=C/C/C=C/CCCCCCCCCCCC(=O)O[C@H](COC(=O)CCCCCCC/C=C/C=C/CCCCCC)COP(=O)(O)O. The lowest BCUT2D eigenvalue weighted by molar-refractivity contribution is -0.161. The van der Waals surface area contributed by atoms with Crippen LogP contribution in [-0.2, 0) is 28.2 Å². The van der Waals surface area contributed by atoms with Gasteiger partial charge in [0.2, 0.25) is 0 Å². The summed E-state index contributed by atoms with van der Waals surface area (Å²) in [6.45, 7) is 3.63. The maximum Gasteiger partial charge on any atom is 0.469 e. The summed E-state index contributed by atoms with van der Waals surface area (Å²) in [6.07, 6.45) is 46.8. The molecular formula is C43H77O8P. The normalized spacial score (nSPS) is 12.9. The Morgan fingerprint density at radius 3 is 1.42 bits per heavy atom. The van der Waals surface area contributed by atoms with Crippen molar-refractivity contribution in [3.63, 3.8) is 0 Å². The van der Waals surface area contributed by atoms with Gasteiger partial charge in [-0.3, -0.25) is 14.1 Å². The van der Waals surface area contributed by atoms with Crippen LogP contribution in [0.2, 0.25) is 0 Å². The number of rotatable bonds is 38. The van der Waals surface area contributed by atoms with Gasteiger partial charge in [-0.2, -0.15) is 0 Å². The Kier molecular flexibility index (Phi) is 37.2. The van der Waals surface area contributed by atoms with Gasteiger partial charge in [-0.1, -0.05) is 159 Å². The number of hydrogen-bond donors (Lipinski definition) is 2. The zero-order valence-electron chi connectivity index (χ0n) is 33.2. The fraction of sp³-hybridized carbons (Fsp3) is 0.767. The highest BCUT2D eigenvalue weighted by Crippen LogP contribution is 2.36. The highest BCUT2D eigenvalue weighted by molar-refractivity contribution is 7.46. The van der Waals surface area contributed by atoms with Crippen LogP contribution < -0.4 is 0 Å². The highest BCUT2D eigenvalue weighted by Gasteiger charge is 2.22. The van der Waals surface area contributed by atoms with E-state index in [4.69, 9.17) is 19.3 Å². The van der Waals surface area contributed by atoms with E-state index in [-0.39, 0.29) is 19.4 Å². The number of carbonyl (C=O) groups excluding carboxylic acids is 2. The van der Waals surface area contributed by atoms with Gasteiger partial charge in [0.05, 0.1) is 6.61 Å². The molecule has 8 nitrogen and oxygen atoms in total. The summed E-state index contributed by atoms with van der Waals surface area (Å²) in [5.74, 6) is -0.907. The number of ether oxygens (including phenoxy) is 2. The zero-order chi connectivity index (χ0) is 38.2. The van der Waals surface area contributed by atoms with Gasteiger partial charge in [-0.05, 0) is 70.6 Å². The Hall–Kier alpha value is -1.99. The number of carbonyl (C=O) groups is 2. The largest absolute Gasteiger partial charge is 0.469 e. The van der Waals surface area contributed by atoms with E-state index in [1.54, 1.807) is 0 Å². The van der Waals surface area contributed by atoms with Gasteiger partial charge in [0.1, 0.15) is 6.61 Å². The highest BCUT2D eigenvalue weighted by atomic mass is 31.2. The van der Waals surface area contributed by atoms with E-state index in [0.717, 1.165) is 70.6 Å². The van der Waals surface area contributed by atoms with Crippen LogP contribution in [0.5, 0.6) is 0 Å². The molecule has 0 heterocycles. The molecule has 0 saturated heterocycles. The molecular weight excluding hydrogens is 675 g/mol. The lowest BCUT2D eigenvalue weighted by Gasteiger charge is -2.18. The van der Waals surface area contributed by atoms with Crippen LogP contribution in [0, 0.1) is 0 Å². The quantitative estimate of drug-likeness (QED) is 0.0210. The van der Waals surface area contributed by atoms with Crippen molar-refractivity contribution in [3.8, 4) is 0 Å². The van der Waals surface area contributed by atoms with Gasteiger partial charge in [0, 0.05) is 12.8 Å². The predicted molar refractivity (Wildman–Crippen MR) is 216 cm³/mol. The van der Waals surface area contributed by atoms with Crippen LogP contribution in [-0.4, -0.2) is 41.0 Å². The van der Waals surface area contributed by atoms with Crippen LogP contribution in [0.1, 0.15) is 194 Å². The molecule has 0 unspecified atom stereocenters. The number of hydrogen-bond acceptors (Lipinski definition) is 6. The van der Waals surface area contributed by atoms with Crippen molar-refractivity contribution in [2.24, 2.45) is 0 Å². The minimum atomic E-state index is -4.76. The first-order valence-corrected chi connectivity index (χ1v) is 22.5. The van der Waals surface area contributed by atoms with Crippen LogP contribution >= 0.6 is 7.82 Å². The number of allylic oxidation sites excluding steroid dienone is 8. The molecule has 0 aliphatic rings. The summed E-state index contributed by atoms with van der Waals surface area (Å²) in [5.41, 5.74) is 0.